The van der Waals surface area contributed by atoms with Crippen LogP contribution in [0.5, 0.6) is 0 Å². The quantitative estimate of drug-likeness (QED) is 0.828. The molecule has 0 aliphatic heterocycles. The van der Waals surface area contributed by atoms with E-state index in [0.29, 0.717) is 0 Å². The molecular formula is C10H8ClF3N2. The van der Waals surface area contributed by atoms with Crippen LogP contribution in [0.25, 0.3) is 0 Å². The minimum atomic E-state index is -4.39. The van der Waals surface area contributed by atoms with Crippen LogP contribution in [0.1, 0.15) is 12.0 Å². The molecule has 1 N–H and O–H groups in total. The molecule has 1 aromatic carbocycles. The summed E-state index contributed by atoms with van der Waals surface area (Å²) in [6, 6.07) is 4.90. The van der Waals surface area contributed by atoms with Gasteiger partial charge in [0.15, 0.2) is 0 Å². The maximum atomic E-state index is 12.4. The number of nitrogens with zero attached hydrogens (tertiary/aromatic N) is 1. The van der Waals surface area contributed by atoms with Crippen LogP contribution in [0, 0.1) is 11.3 Å². The lowest BCUT2D eigenvalue weighted by atomic mass is 10.2. The Morgan fingerprint density at radius 1 is 1.38 bits per heavy atom. The average Bonchev–Trinajstić information content (AvgIpc) is 2.19. The Balaban J connectivity index is 2.88. The van der Waals surface area contributed by atoms with Crippen LogP contribution >= 0.6 is 11.6 Å². The first kappa shape index (κ1) is 12.7. The standard InChI is InChI=1S/C10H8ClF3N2/c11-8-3-2-7(10(12,13)14)6-9(8)16-5-1-4-15/h2-3,6,16H,1,5H2. The number of alkyl halides is 3. The Morgan fingerprint density at radius 3 is 2.62 bits per heavy atom. The molecule has 0 aromatic heterocycles. The van der Waals surface area contributed by atoms with Gasteiger partial charge in [0, 0.05) is 6.54 Å². The summed E-state index contributed by atoms with van der Waals surface area (Å²) in [7, 11) is 0. The van der Waals surface area contributed by atoms with Gasteiger partial charge in [0.2, 0.25) is 0 Å². The zero-order valence-corrected chi connectivity index (χ0v) is 8.86. The maximum absolute atomic E-state index is 12.4. The molecule has 0 spiro atoms. The van der Waals surface area contributed by atoms with Gasteiger partial charge in [-0.15, -0.1) is 0 Å². The molecule has 0 aliphatic rings. The average molecular weight is 249 g/mol. The second kappa shape index (κ2) is 5.08. The van der Waals surface area contributed by atoms with Crippen LogP contribution in [-0.4, -0.2) is 6.54 Å². The number of hydrogen-bond acceptors (Lipinski definition) is 2. The van der Waals surface area contributed by atoms with Crippen molar-refractivity contribution in [3.8, 4) is 6.07 Å². The van der Waals surface area contributed by atoms with E-state index < -0.39 is 11.7 Å². The van der Waals surface area contributed by atoms with Crippen LogP contribution < -0.4 is 5.32 Å². The van der Waals surface area contributed by atoms with Crippen LogP contribution in [0.15, 0.2) is 18.2 Å². The molecule has 0 radical (unpaired) electrons. The van der Waals surface area contributed by atoms with Gasteiger partial charge in [0.25, 0.3) is 0 Å². The molecule has 0 heterocycles. The van der Waals surface area contributed by atoms with Crippen molar-refractivity contribution in [1.29, 1.82) is 5.26 Å². The summed E-state index contributed by atoms with van der Waals surface area (Å²) in [6.45, 7) is 0.261. The van der Waals surface area contributed by atoms with Gasteiger partial charge in [0.05, 0.1) is 28.8 Å². The molecule has 86 valence electrons. The fourth-order valence-corrected chi connectivity index (χ4v) is 1.27. The lowest BCUT2D eigenvalue weighted by Gasteiger charge is -2.11. The van der Waals surface area contributed by atoms with Crippen molar-refractivity contribution >= 4 is 17.3 Å². The van der Waals surface area contributed by atoms with Gasteiger partial charge in [-0.3, -0.25) is 0 Å². The highest BCUT2D eigenvalue weighted by molar-refractivity contribution is 6.33. The summed E-state index contributed by atoms with van der Waals surface area (Å²) < 4.78 is 37.1. The highest BCUT2D eigenvalue weighted by Crippen LogP contribution is 2.33. The molecule has 0 atom stereocenters. The van der Waals surface area contributed by atoms with Crippen molar-refractivity contribution < 1.29 is 13.2 Å². The number of halogens is 4. The summed E-state index contributed by atoms with van der Waals surface area (Å²) in [5.41, 5.74) is -0.580. The van der Waals surface area contributed by atoms with Crippen molar-refractivity contribution in [3.63, 3.8) is 0 Å². The van der Waals surface area contributed by atoms with Gasteiger partial charge in [0.1, 0.15) is 0 Å². The molecule has 0 saturated carbocycles. The second-order valence-corrected chi connectivity index (χ2v) is 3.43. The third-order valence-electron chi connectivity index (χ3n) is 1.85. The molecular weight excluding hydrogens is 241 g/mol. The van der Waals surface area contributed by atoms with Crippen LogP contribution in [-0.2, 0) is 6.18 Å². The molecule has 0 bridgehead atoms. The number of hydrogen-bond donors (Lipinski definition) is 1. The zero-order chi connectivity index (χ0) is 12.2. The van der Waals surface area contributed by atoms with Gasteiger partial charge in [-0.2, -0.15) is 18.4 Å². The molecule has 0 saturated heterocycles. The molecule has 16 heavy (non-hydrogen) atoms. The van der Waals surface area contributed by atoms with Gasteiger partial charge in [-0.1, -0.05) is 11.6 Å². The van der Waals surface area contributed by atoms with E-state index in [0.717, 1.165) is 12.1 Å². The summed E-state index contributed by atoms with van der Waals surface area (Å²) in [5, 5.41) is 11.2. The largest absolute Gasteiger partial charge is 0.416 e. The van der Waals surface area contributed by atoms with Gasteiger partial charge < -0.3 is 5.32 Å². The van der Waals surface area contributed by atoms with Gasteiger partial charge in [-0.25, -0.2) is 0 Å². The summed E-state index contributed by atoms with van der Waals surface area (Å²) >= 11 is 5.71. The molecule has 0 amide bonds. The monoisotopic (exact) mass is 248 g/mol. The number of rotatable bonds is 3. The van der Waals surface area contributed by atoms with Crippen molar-refractivity contribution in [2.45, 2.75) is 12.6 Å². The highest BCUT2D eigenvalue weighted by Gasteiger charge is 2.30. The van der Waals surface area contributed by atoms with Crippen LogP contribution in [0.2, 0.25) is 5.02 Å². The Hall–Kier alpha value is -1.41. The van der Waals surface area contributed by atoms with E-state index >= 15 is 0 Å². The van der Waals surface area contributed by atoms with E-state index in [1.54, 1.807) is 0 Å². The lowest BCUT2D eigenvalue weighted by Crippen LogP contribution is -2.07. The SMILES string of the molecule is N#CCCNc1cc(C(F)(F)F)ccc1Cl. The number of nitrogens with one attached hydrogen (secondary N) is 1. The normalized spacial score (nSPS) is 10.9. The molecule has 1 rings (SSSR count). The first-order valence-corrected chi connectivity index (χ1v) is 4.80. The smallest absolute Gasteiger partial charge is 0.383 e. The minimum Gasteiger partial charge on any atom is -0.383 e. The highest BCUT2D eigenvalue weighted by atomic mass is 35.5. The molecule has 6 heteroatoms. The number of nitriles is 1. The van der Waals surface area contributed by atoms with Crippen molar-refractivity contribution in [2.24, 2.45) is 0 Å². The fourth-order valence-electron chi connectivity index (χ4n) is 1.09. The molecule has 0 aliphatic carbocycles. The molecule has 2 nitrogen and oxygen atoms in total. The van der Waals surface area contributed by atoms with E-state index in [2.05, 4.69) is 5.32 Å². The Kier molecular flexibility index (Phi) is 4.02. The second-order valence-electron chi connectivity index (χ2n) is 3.03. The van der Waals surface area contributed by atoms with Crippen molar-refractivity contribution in [2.75, 3.05) is 11.9 Å². The van der Waals surface area contributed by atoms with Crippen LogP contribution in [0.4, 0.5) is 18.9 Å². The maximum Gasteiger partial charge on any atom is 0.416 e. The summed E-state index contributed by atoms with van der Waals surface area (Å²) in [4.78, 5) is 0. The lowest BCUT2D eigenvalue weighted by molar-refractivity contribution is -0.137. The van der Waals surface area contributed by atoms with E-state index in [-0.39, 0.29) is 23.7 Å². The van der Waals surface area contributed by atoms with E-state index in [1.165, 1.54) is 6.07 Å². The van der Waals surface area contributed by atoms with E-state index in [4.69, 9.17) is 16.9 Å². The van der Waals surface area contributed by atoms with Gasteiger partial charge in [-0.05, 0) is 18.2 Å². The summed E-state index contributed by atoms with van der Waals surface area (Å²) in [5.74, 6) is 0. The molecule has 0 unspecified atom stereocenters. The third-order valence-corrected chi connectivity index (χ3v) is 2.18. The Bertz CT molecular complexity index is 410. The number of benzene rings is 1. The predicted octanol–water partition coefficient (Wildman–Crippen LogP) is 3.68. The van der Waals surface area contributed by atoms with E-state index in [1.807, 2.05) is 6.07 Å². The van der Waals surface area contributed by atoms with Crippen LogP contribution in [0.3, 0.4) is 0 Å². The predicted molar refractivity (Wildman–Crippen MR) is 55.2 cm³/mol. The Labute approximate surface area is 95.6 Å². The topological polar surface area (TPSA) is 35.8 Å². The van der Waals surface area contributed by atoms with Crippen molar-refractivity contribution in [3.05, 3.63) is 28.8 Å². The molecule has 0 fully saturated rings. The zero-order valence-electron chi connectivity index (χ0n) is 8.11. The summed E-state index contributed by atoms with van der Waals surface area (Å²) in [6.07, 6.45) is -4.19. The first-order chi connectivity index (χ1) is 7.45. The van der Waals surface area contributed by atoms with Crippen molar-refractivity contribution in [1.82, 2.24) is 0 Å². The fraction of sp³-hybridized carbons (Fsp3) is 0.300. The van der Waals surface area contributed by atoms with Gasteiger partial charge >= 0.3 is 6.18 Å². The van der Waals surface area contributed by atoms with E-state index in [9.17, 15) is 13.2 Å². The molecule has 1 aromatic rings. The first-order valence-electron chi connectivity index (χ1n) is 4.42. The minimum absolute atomic E-state index is 0.187. The third kappa shape index (κ3) is 3.31. The Morgan fingerprint density at radius 2 is 2.06 bits per heavy atom. The number of anilines is 1.